The molecule has 7 heteroatoms. The zero-order valence-corrected chi connectivity index (χ0v) is 16.8. The fourth-order valence-corrected chi connectivity index (χ4v) is 3.04. The lowest BCUT2D eigenvalue weighted by molar-refractivity contribution is 0.0697. The van der Waals surface area contributed by atoms with Crippen LogP contribution in [0.5, 0.6) is 0 Å². The largest absolute Gasteiger partial charge is 0.478 e. The molecule has 0 atom stereocenters. The third kappa shape index (κ3) is 5.22. The Hall–Kier alpha value is -3.61. The van der Waals surface area contributed by atoms with Gasteiger partial charge in [0.05, 0.1) is 5.56 Å². The van der Waals surface area contributed by atoms with Crippen LogP contribution >= 0.6 is 0 Å². The summed E-state index contributed by atoms with van der Waals surface area (Å²) >= 11 is 0. The number of nitrogens with one attached hydrogen (secondary N) is 2. The molecule has 3 rings (SSSR count). The predicted molar refractivity (Wildman–Crippen MR) is 117 cm³/mol. The molecule has 2 aromatic carbocycles. The molecule has 0 unspecified atom stereocenters. The van der Waals surface area contributed by atoms with Crippen molar-refractivity contribution >= 4 is 34.8 Å². The van der Waals surface area contributed by atoms with Crippen molar-refractivity contribution in [1.29, 1.82) is 0 Å². The van der Waals surface area contributed by atoms with Crippen LogP contribution in [-0.2, 0) is 0 Å². The average Bonchev–Trinajstić information content (AvgIpc) is 2.70. The van der Waals surface area contributed by atoms with Crippen molar-refractivity contribution in [2.24, 2.45) is 0 Å². The van der Waals surface area contributed by atoms with Crippen LogP contribution in [0.1, 0.15) is 29.9 Å². The van der Waals surface area contributed by atoms with Gasteiger partial charge in [-0.05, 0) is 63.2 Å². The minimum Gasteiger partial charge on any atom is -0.478 e. The summed E-state index contributed by atoms with van der Waals surface area (Å²) in [7, 11) is 0. The Morgan fingerprint density at radius 3 is 2.34 bits per heavy atom. The standard InChI is InChI=1S/C22H25N5O2/c1-4-27(5-2)19-11-9-17(10-12-19)25-22-23-15(3)13-20(26-22)24-18-8-6-7-16(14-18)21(28)29/h6-14H,4-5H2,1-3H3,(H,28,29)(H2,23,24,25,26). The molecular weight excluding hydrogens is 366 g/mol. The molecule has 150 valence electrons. The molecule has 0 saturated heterocycles. The molecular formula is C22H25N5O2. The van der Waals surface area contributed by atoms with E-state index in [0.29, 0.717) is 17.5 Å². The first-order valence-corrected chi connectivity index (χ1v) is 9.56. The maximum absolute atomic E-state index is 11.2. The van der Waals surface area contributed by atoms with Crippen molar-refractivity contribution in [3.8, 4) is 0 Å². The van der Waals surface area contributed by atoms with E-state index >= 15 is 0 Å². The van der Waals surface area contributed by atoms with Crippen molar-refractivity contribution in [1.82, 2.24) is 9.97 Å². The summed E-state index contributed by atoms with van der Waals surface area (Å²) in [6, 6.07) is 16.6. The Kier molecular flexibility index (Phi) is 6.29. The molecule has 3 N–H and O–H groups in total. The van der Waals surface area contributed by atoms with Crippen molar-refractivity contribution in [2.75, 3.05) is 28.6 Å². The lowest BCUT2D eigenvalue weighted by Gasteiger charge is -2.21. The van der Waals surface area contributed by atoms with Crippen molar-refractivity contribution in [3.63, 3.8) is 0 Å². The summed E-state index contributed by atoms with van der Waals surface area (Å²) in [5.41, 5.74) is 3.72. The predicted octanol–water partition coefficient (Wildman–Crippen LogP) is 4.82. The first-order chi connectivity index (χ1) is 14.0. The number of rotatable bonds is 8. The first kappa shape index (κ1) is 20.1. The number of aromatic nitrogens is 2. The highest BCUT2D eigenvalue weighted by molar-refractivity contribution is 5.89. The number of aromatic carboxylic acids is 1. The number of hydrogen-bond acceptors (Lipinski definition) is 6. The van der Waals surface area contributed by atoms with Crippen LogP contribution in [0.15, 0.2) is 54.6 Å². The summed E-state index contributed by atoms with van der Waals surface area (Å²) in [5, 5.41) is 15.5. The number of aryl methyl sites for hydroxylation is 1. The van der Waals surface area contributed by atoms with Crippen LogP contribution in [0.3, 0.4) is 0 Å². The molecule has 0 saturated carbocycles. The molecule has 0 radical (unpaired) electrons. The summed E-state index contributed by atoms with van der Waals surface area (Å²) in [5.74, 6) is 0.0859. The summed E-state index contributed by atoms with van der Waals surface area (Å²) in [4.78, 5) is 22.4. The Bertz CT molecular complexity index is 985. The maximum atomic E-state index is 11.2. The number of benzene rings is 2. The first-order valence-electron chi connectivity index (χ1n) is 9.56. The summed E-state index contributed by atoms with van der Waals surface area (Å²) < 4.78 is 0. The number of hydrogen-bond donors (Lipinski definition) is 3. The highest BCUT2D eigenvalue weighted by atomic mass is 16.4. The van der Waals surface area contributed by atoms with Gasteiger partial charge in [-0.25, -0.2) is 9.78 Å². The molecule has 1 heterocycles. The smallest absolute Gasteiger partial charge is 0.335 e. The van der Waals surface area contributed by atoms with Gasteiger partial charge < -0.3 is 20.6 Å². The molecule has 0 aliphatic carbocycles. The molecule has 0 fully saturated rings. The highest BCUT2D eigenvalue weighted by Gasteiger charge is 2.07. The van der Waals surface area contributed by atoms with E-state index in [9.17, 15) is 4.79 Å². The van der Waals surface area contributed by atoms with Crippen LogP contribution < -0.4 is 15.5 Å². The number of anilines is 5. The second-order valence-electron chi connectivity index (χ2n) is 6.57. The van der Waals surface area contributed by atoms with E-state index in [1.165, 1.54) is 5.69 Å². The second-order valence-corrected chi connectivity index (χ2v) is 6.57. The minimum atomic E-state index is -0.969. The minimum absolute atomic E-state index is 0.215. The molecule has 7 nitrogen and oxygen atoms in total. The van der Waals surface area contributed by atoms with Gasteiger partial charge in [-0.1, -0.05) is 6.07 Å². The van der Waals surface area contributed by atoms with E-state index < -0.39 is 5.97 Å². The van der Waals surface area contributed by atoms with Gasteiger partial charge in [0.25, 0.3) is 0 Å². The Morgan fingerprint density at radius 1 is 0.966 bits per heavy atom. The van der Waals surface area contributed by atoms with Gasteiger partial charge in [0.15, 0.2) is 0 Å². The molecule has 29 heavy (non-hydrogen) atoms. The third-order valence-corrected chi connectivity index (χ3v) is 4.49. The van der Waals surface area contributed by atoms with Crippen molar-refractivity contribution < 1.29 is 9.90 Å². The van der Waals surface area contributed by atoms with Crippen LogP contribution in [0, 0.1) is 6.92 Å². The number of carboxylic acid groups (broad SMARTS) is 1. The van der Waals surface area contributed by atoms with E-state index in [0.717, 1.165) is 24.5 Å². The topological polar surface area (TPSA) is 90.4 Å². The number of carboxylic acids is 1. The molecule has 0 aliphatic rings. The van der Waals surface area contributed by atoms with E-state index in [2.05, 4.69) is 51.5 Å². The van der Waals surface area contributed by atoms with Gasteiger partial charge >= 0.3 is 5.97 Å². The zero-order chi connectivity index (χ0) is 20.8. The van der Waals surface area contributed by atoms with Crippen LogP contribution in [0.25, 0.3) is 0 Å². The lowest BCUT2D eigenvalue weighted by atomic mass is 10.2. The fraction of sp³-hybridized carbons (Fsp3) is 0.227. The lowest BCUT2D eigenvalue weighted by Crippen LogP contribution is -2.21. The van der Waals surface area contributed by atoms with Crippen molar-refractivity contribution in [2.45, 2.75) is 20.8 Å². The average molecular weight is 391 g/mol. The van der Waals surface area contributed by atoms with Gasteiger partial charge in [-0.15, -0.1) is 0 Å². The SMILES string of the molecule is CCN(CC)c1ccc(Nc2nc(C)cc(Nc3cccc(C(=O)O)c3)n2)cc1. The van der Waals surface area contributed by atoms with Crippen LogP contribution in [0.4, 0.5) is 28.8 Å². The molecule has 3 aromatic rings. The number of nitrogens with zero attached hydrogens (tertiary/aromatic N) is 3. The van der Waals surface area contributed by atoms with E-state index in [-0.39, 0.29) is 5.56 Å². The fourth-order valence-electron chi connectivity index (χ4n) is 3.04. The second kappa shape index (κ2) is 9.05. The Morgan fingerprint density at radius 2 is 1.69 bits per heavy atom. The van der Waals surface area contributed by atoms with Gasteiger partial charge in [0, 0.05) is 41.9 Å². The van der Waals surface area contributed by atoms with E-state index in [4.69, 9.17) is 5.11 Å². The zero-order valence-electron chi connectivity index (χ0n) is 16.8. The Labute approximate surface area is 170 Å². The van der Waals surface area contributed by atoms with E-state index in [1.54, 1.807) is 24.3 Å². The molecule has 0 spiro atoms. The summed E-state index contributed by atoms with van der Waals surface area (Å²) in [6.45, 7) is 8.08. The molecule has 0 aliphatic heterocycles. The molecule has 0 bridgehead atoms. The van der Waals surface area contributed by atoms with Crippen molar-refractivity contribution in [3.05, 3.63) is 65.9 Å². The normalized spacial score (nSPS) is 10.4. The third-order valence-electron chi connectivity index (χ3n) is 4.49. The van der Waals surface area contributed by atoms with Gasteiger partial charge in [0.1, 0.15) is 5.82 Å². The van der Waals surface area contributed by atoms with Gasteiger partial charge in [-0.3, -0.25) is 0 Å². The van der Waals surface area contributed by atoms with E-state index in [1.807, 2.05) is 25.1 Å². The molecule has 1 aromatic heterocycles. The van der Waals surface area contributed by atoms with Gasteiger partial charge in [0.2, 0.25) is 5.95 Å². The molecule has 0 amide bonds. The quantitative estimate of drug-likeness (QED) is 0.507. The van der Waals surface area contributed by atoms with Gasteiger partial charge in [-0.2, -0.15) is 4.98 Å². The Balaban J connectivity index is 1.77. The number of carbonyl (C=O) groups is 1. The highest BCUT2D eigenvalue weighted by Crippen LogP contribution is 2.22. The summed E-state index contributed by atoms with van der Waals surface area (Å²) in [6.07, 6.45) is 0. The maximum Gasteiger partial charge on any atom is 0.335 e. The van der Waals surface area contributed by atoms with Crippen LogP contribution in [-0.4, -0.2) is 34.1 Å². The van der Waals surface area contributed by atoms with Crippen LogP contribution in [0.2, 0.25) is 0 Å². The monoisotopic (exact) mass is 391 g/mol.